The summed E-state index contributed by atoms with van der Waals surface area (Å²) in [7, 11) is 6.97. The molecule has 0 N–H and O–H groups in total. The molecule has 67 heavy (non-hydrogen) atoms. The maximum atomic E-state index is 13.7. The Labute approximate surface area is 406 Å². The monoisotopic (exact) mass is 959 g/mol. The Morgan fingerprint density at radius 2 is 1.34 bits per heavy atom. The molecule has 0 spiro atoms. The number of rotatable bonds is 26. The zero-order chi connectivity index (χ0) is 47.3. The Balaban J connectivity index is 1.15. The van der Waals surface area contributed by atoms with Crippen molar-refractivity contribution in [3.63, 3.8) is 0 Å². The van der Waals surface area contributed by atoms with Gasteiger partial charge in [0.05, 0.1) is 40.1 Å². The zero-order valence-electron chi connectivity index (χ0n) is 40.8. The third-order valence-electron chi connectivity index (χ3n) is 13.5. The molecule has 0 aliphatic carbocycles. The van der Waals surface area contributed by atoms with Crippen LogP contribution >= 0.6 is 21.6 Å². The molecule has 0 aromatic heterocycles. The van der Waals surface area contributed by atoms with E-state index in [0.29, 0.717) is 87.9 Å². The van der Waals surface area contributed by atoms with E-state index < -0.39 is 0 Å². The fourth-order valence-electron chi connectivity index (χ4n) is 9.88. The lowest BCUT2D eigenvalue weighted by Gasteiger charge is -2.34. The normalized spacial score (nSPS) is 17.9. The largest absolute Gasteiger partial charge is 0.493 e. The summed E-state index contributed by atoms with van der Waals surface area (Å²) in [6.45, 7) is 14.6. The number of nitrogens with zero attached hydrogens (tertiary/aromatic N) is 3. The van der Waals surface area contributed by atoms with Crippen LogP contribution in [0.1, 0.15) is 127 Å². The zero-order valence-corrected chi connectivity index (χ0v) is 42.4. The lowest BCUT2D eigenvalue weighted by Crippen LogP contribution is -2.38. The summed E-state index contributed by atoms with van der Waals surface area (Å²) < 4.78 is 36.0. The number of fused-ring (bicyclic) bond motifs is 4. The minimum Gasteiger partial charge on any atom is -0.493 e. The number of methoxy groups -OCH3 is 2. The summed E-state index contributed by atoms with van der Waals surface area (Å²) in [6.07, 6.45) is 9.93. The third kappa shape index (κ3) is 13.6. The molecule has 3 aromatic rings. The smallest absolute Gasteiger partial charge is 0.254 e. The number of carbonyl (C=O) groups excluding carboxylic acids is 3. The highest BCUT2D eigenvalue weighted by Crippen LogP contribution is 2.40. The summed E-state index contributed by atoms with van der Waals surface area (Å²) in [5.41, 5.74) is 7.50. The molecule has 4 aliphatic heterocycles. The number of benzene rings is 3. The number of ether oxygens (including phenoxy) is 6. The molecule has 12 nitrogen and oxygen atoms in total. The van der Waals surface area contributed by atoms with E-state index in [2.05, 4.69) is 47.9 Å². The number of ketones is 1. The Kier molecular flexibility index (Phi) is 18.7. The van der Waals surface area contributed by atoms with E-state index >= 15 is 0 Å². The molecule has 2 fully saturated rings. The van der Waals surface area contributed by atoms with Crippen molar-refractivity contribution in [3.8, 4) is 17.2 Å². The number of hydrogen-bond acceptors (Lipinski definition) is 12. The van der Waals surface area contributed by atoms with E-state index in [1.165, 1.54) is 0 Å². The van der Waals surface area contributed by atoms with Crippen molar-refractivity contribution in [3.05, 3.63) is 81.4 Å². The van der Waals surface area contributed by atoms with E-state index in [4.69, 9.17) is 28.4 Å². The van der Waals surface area contributed by atoms with Gasteiger partial charge in [0.1, 0.15) is 24.7 Å². The van der Waals surface area contributed by atoms with Gasteiger partial charge in [0, 0.05) is 85.5 Å². The van der Waals surface area contributed by atoms with Crippen LogP contribution in [0.3, 0.4) is 0 Å². The van der Waals surface area contributed by atoms with Crippen LogP contribution in [0.2, 0.25) is 0 Å². The molecule has 14 heteroatoms. The lowest BCUT2D eigenvalue weighted by molar-refractivity contribution is -0.118. The molecule has 3 aromatic carbocycles. The van der Waals surface area contributed by atoms with Crippen molar-refractivity contribution in [1.82, 2.24) is 9.80 Å². The maximum absolute atomic E-state index is 13.7. The van der Waals surface area contributed by atoms with Gasteiger partial charge in [0.25, 0.3) is 11.8 Å². The molecule has 2 amide bonds. The van der Waals surface area contributed by atoms with E-state index in [-0.39, 0.29) is 29.2 Å². The highest BCUT2D eigenvalue weighted by atomic mass is 33.1. The van der Waals surface area contributed by atoms with Gasteiger partial charge in [-0.05, 0) is 149 Å². The topological polar surface area (TPSA) is 116 Å². The van der Waals surface area contributed by atoms with Gasteiger partial charge in [-0.3, -0.25) is 14.4 Å². The molecule has 0 unspecified atom stereocenters. The van der Waals surface area contributed by atoms with Crippen molar-refractivity contribution in [2.75, 3.05) is 84.1 Å². The molecule has 4 aliphatic rings. The van der Waals surface area contributed by atoms with Crippen LogP contribution in [-0.2, 0) is 45.1 Å². The second kappa shape index (κ2) is 24.6. The van der Waals surface area contributed by atoms with Crippen LogP contribution in [0, 0.1) is 6.92 Å². The van der Waals surface area contributed by atoms with Crippen molar-refractivity contribution >= 4 is 44.9 Å². The van der Waals surface area contributed by atoms with Gasteiger partial charge in [-0.25, -0.2) is 0 Å². The first-order valence-corrected chi connectivity index (χ1v) is 26.8. The molecule has 0 saturated carbocycles. The summed E-state index contributed by atoms with van der Waals surface area (Å²) in [4.78, 5) is 45.8. The molecule has 7 rings (SSSR count). The first kappa shape index (κ1) is 50.9. The minimum absolute atomic E-state index is 0.0858. The van der Waals surface area contributed by atoms with Gasteiger partial charge < -0.3 is 43.1 Å². The first-order chi connectivity index (χ1) is 32.5. The molecular weight excluding hydrogens is 887 g/mol. The molecule has 2 saturated heterocycles. The van der Waals surface area contributed by atoms with Gasteiger partial charge in [-0.15, -0.1) is 0 Å². The van der Waals surface area contributed by atoms with Gasteiger partial charge in [-0.2, -0.15) is 0 Å². The van der Waals surface area contributed by atoms with Crippen LogP contribution < -0.4 is 19.1 Å². The van der Waals surface area contributed by atoms with E-state index in [9.17, 15) is 14.4 Å². The molecule has 0 bridgehead atoms. The average molecular weight is 960 g/mol. The fourth-order valence-corrected chi connectivity index (χ4v) is 12.5. The number of aryl methyl sites for hydroxylation is 3. The number of amides is 2. The summed E-state index contributed by atoms with van der Waals surface area (Å²) in [5.74, 6) is 3.40. The highest BCUT2D eigenvalue weighted by molar-refractivity contribution is 8.77. The highest BCUT2D eigenvalue weighted by Gasteiger charge is 2.35. The van der Waals surface area contributed by atoms with Crippen LogP contribution in [-0.4, -0.2) is 123 Å². The van der Waals surface area contributed by atoms with Gasteiger partial charge in [0.2, 0.25) is 0 Å². The van der Waals surface area contributed by atoms with Gasteiger partial charge in [-0.1, -0.05) is 28.5 Å². The van der Waals surface area contributed by atoms with E-state index in [0.717, 1.165) is 128 Å². The molecule has 2 atom stereocenters. The lowest BCUT2D eigenvalue weighted by atomic mass is 9.99. The van der Waals surface area contributed by atoms with Crippen LogP contribution in [0.5, 0.6) is 17.2 Å². The standard InChI is InChI=1S/C53H73N3O9S2/c1-7-45(57)13-10-26-66-67-53(3,4)36-54(20-21-62-24-25-63-23-22-60-5)44-29-38(34-64-48-31-40-14-16-42-11-8-18-55(42)51(58)46(40)27-37(48)2)28-39(30-44)35-65-50-32-41-15-17-43-12-9-19-56(43)52(59)47(41)33-49(50)61-6/h27-33,42-43H,7-26,34-36H2,1-6H3/t42-,43-/m0/s1. The number of hydrogen-bond donors (Lipinski definition) is 0. The van der Waals surface area contributed by atoms with Crippen LogP contribution in [0.4, 0.5) is 5.69 Å². The third-order valence-corrected chi connectivity index (χ3v) is 16.8. The quantitative estimate of drug-likeness (QED) is 0.0564. The average Bonchev–Trinajstić information content (AvgIpc) is 3.96. The molecule has 4 heterocycles. The second-order valence-corrected chi connectivity index (χ2v) is 22.1. The van der Waals surface area contributed by atoms with Crippen molar-refractivity contribution in [2.24, 2.45) is 0 Å². The minimum atomic E-state index is -0.154. The number of anilines is 1. The fraction of sp³-hybridized carbons (Fsp3) is 0.604. The Bertz CT molecular complexity index is 2170. The van der Waals surface area contributed by atoms with E-state index in [1.807, 2.05) is 58.5 Å². The summed E-state index contributed by atoms with van der Waals surface area (Å²) in [5, 5.41) is 0. The van der Waals surface area contributed by atoms with Crippen LogP contribution in [0.25, 0.3) is 0 Å². The van der Waals surface area contributed by atoms with Crippen molar-refractivity contribution in [2.45, 2.75) is 128 Å². The maximum Gasteiger partial charge on any atom is 0.254 e. The molecule has 366 valence electrons. The SMILES string of the molecule is CCC(=O)CCCSSC(C)(C)CN(CCOCCOCCOC)c1cc(COc2cc3c(cc2C)C(=O)N2CCC[C@H]2CC3)cc(COc2cc3c(cc2OC)C(=O)N2CCC[C@H]2CC3)c1. The van der Waals surface area contributed by atoms with Gasteiger partial charge in [0.15, 0.2) is 11.5 Å². The predicted molar refractivity (Wildman–Crippen MR) is 268 cm³/mol. The summed E-state index contributed by atoms with van der Waals surface area (Å²) >= 11 is 0. The van der Waals surface area contributed by atoms with Crippen molar-refractivity contribution < 1.29 is 42.8 Å². The Hall–Kier alpha value is -3.95. The summed E-state index contributed by atoms with van der Waals surface area (Å²) in [6, 6.07) is 15.2. The van der Waals surface area contributed by atoms with Crippen LogP contribution in [0.15, 0.2) is 42.5 Å². The Morgan fingerprint density at radius 1 is 0.746 bits per heavy atom. The Morgan fingerprint density at radius 3 is 1.97 bits per heavy atom. The van der Waals surface area contributed by atoms with Crippen molar-refractivity contribution in [1.29, 1.82) is 0 Å². The predicted octanol–water partition coefficient (Wildman–Crippen LogP) is 9.67. The molecular formula is C53H73N3O9S2. The number of carbonyl (C=O) groups is 3. The molecule has 0 radical (unpaired) electrons. The van der Waals surface area contributed by atoms with Gasteiger partial charge >= 0.3 is 0 Å². The van der Waals surface area contributed by atoms with E-state index in [1.54, 1.807) is 14.2 Å². The second-order valence-electron chi connectivity index (χ2n) is 19.0. The number of Topliss-reactive ketones (excluding diaryl/α,β-unsaturated/α-hetero) is 1. The first-order valence-electron chi connectivity index (χ1n) is 24.5.